The van der Waals surface area contributed by atoms with E-state index in [1.807, 2.05) is 32.0 Å². The number of aryl methyl sites for hydroxylation is 1. The molecule has 0 saturated heterocycles. The molecular formula is C19H26N2O2. The smallest absolute Gasteiger partial charge is 0.251 e. The molecule has 1 atom stereocenters. The molecule has 2 aromatic rings. The molecule has 0 saturated carbocycles. The van der Waals surface area contributed by atoms with Gasteiger partial charge in [-0.25, -0.2) is 0 Å². The lowest BCUT2D eigenvalue weighted by Crippen LogP contribution is -2.32. The SMILES string of the molecule is CCC(C)NC(=O)CCc1cc2cc(C(C)C)ccc2[nH]c1=O. The molecule has 1 heterocycles. The summed E-state index contributed by atoms with van der Waals surface area (Å²) in [4.78, 5) is 26.9. The van der Waals surface area contributed by atoms with Crippen molar-refractivity contribution in [3.8, 4) is 0 Å². The molecule has 1 unspecified atom stereocenters. The lowest BCUT2D eigenvalue weighted by molar-refractivity contribution is -0.121. The zero-order valence-corrected chi connectivity index (χ0v) is 14.4. The van der Waals surface area contributed by atoms with Gasteiger partial charge in [-0.15, -0.1) is 0 Å². The van der Waals surface area contributed by atoms with Crippen molar-refractivity contribution in [2.24, 2.45) is 0 Å². The van der Waals surface area contributed by atoms with E-state index < -0.39 is 0 Å². The van der Waals surface area contributed by atoms with Gasteiger partial charge in [-0.2, -0.15) is 0 Å². The van der Waals surface area contributed by atoms with E-state index in [9.17, 15) is 9.59 Å². The average molecular weight is 314 g/mol. The van der Waals surface area contributed by atoms with Crippen LogP contribution in [-0.2, 0) is 11.2 Å². The molecule has 1 amide bonds. The summed E-state index contributed by atoms with van der Waals surface area (Å²) in [5.41, 5.74) is 2.64. The Bertz CT molecular complexity index is 747. The molecular weight excluding hydrogens is 288 g/mol. The Morgan fingerprint density at radius 1 is 1.22 bits per heavy atom. The van der Waals surface area contributed by atoms with Gasteiger partial charge in [0.2, 0.25) is 5.91 Å². The minimum absolute atomic E-state index is 0.00484. The van der Waals surface area contributed by atoms with Gasteiger partial charge in [0.25, 0.3) is 5.56 Å². The summed E-state index contributed by atoms with van der Waals surface area (Å²) in [6.07, 6.45) is 1.70. The highest BCUT2D eigenvalue weighted by molar-refractivity contribution is 5.80. The first-order valence-electron chi connectivity index (χ1n) is 8.36. The highest BCUT2D eigenvalue weighted by atomic mass is 16.1. The quantitative estimate of drug-likeness (QED) is 0.857. The number of benzene rings is 1. The van der Waals surface area contributed by atoms with E-state index in [0.29, 0.717) is 24.3 Å². The summed E-state index contributed by atoms with van der Waals surface area (Å²) in [6.45, 7) is 8.31. The van der Waals surface area contributed by atoms with Crippen LogP contribution in [0, 0.1) is 0 Å². The Balaban J connectivity index is 2.18. The highest BCUT2D eigenvalue weighted by Gasteiger charge is 2.09. The average Bonchev–Trinajstić information content (AvgIpc) is 2.52. The zero-order valence-electron chi connectivity index (χ0n) is 14.4. The fourth-order valence-corrected chi connectivity index (χ4v) is 2.51. The molecule has 0 aliphatic carbocycles. The van der Waals surface area contributed by atoms with Gasteiger partial charge in [-0.05, 0) is 54.8 Å². The van der Waals surface area contributed by atoms with Crippen LogP contribution < -0.4 is 10.9 Å². The van der Waals surface area contributed by atoms with E-state index >= 15 is 0 Å². The Labute approximate surface area is 137 Å². The molecule has 1 aromatic heterocycles. The van der Waals surface area contributed by atoms with Crippen molar-refractivity contribution >= 4 is 16.8 Å². The zero-order chi connectivity index (χ0) is 17.0. The van der Waals surface area contributed by atoms with Gasteiger partial charge < -0.3 is 10.3 Å². The monoisotopic (exact) mass is 314 g/mol. The fourth-order valence-electron chi connectivity index (χ4n) is 2.51. The van der Waals surface area contributed by atoms with Gasteiger partial charge in [0.15, 0.2) is 0 Å². The molecule has 23 heavy (non-hydrogen) atoms. The summed E-state index contributed by atoms with van der Waals surface area (Å²) < 4.78 is 0. The van der Waals surface area contributed by atoms with Gasteiger partial charge >= 0.3 is 0 Å². The Hall–Kier alpha value is -2.10. The predicted octanol–water partition coefficient (Wildman–Crippen LogP) is 3.50. The molecule has 0 spiro atoms. The van der Waals surface area contributed by atoms with E-state index in [2.05, 4.69) is 30.2 Å². The maximum Gasteiger partial charge on any atom is 0.251 e. The van der Waals surface area contributed by atoms with E-state index in [1.54, 1.807) is 0 Å². The number of carbonyl (C=O) groups is 1. The number of H-pyrrole nitrogens is 1. The highest BCUT2D eigenvalue weighted by Crippen LogP contribution is 2.20. The molecule has 124 valence electrons. The van der Waals surface area contributed by atoms with Crippen LogP contribution in [0.25, 0.3) is 10.9 Å². The number of rotatable bonds is 6. The lowest BCUT2D eigenvalue weighted by atomic mass is 10.00. The number of amides is 1. The van der Waals surface area contributed by atoms with Crippen molar-refractivity contribution in [2.45, 2.75) is 58.9 Å². The van der Waals surface area contributed by atoms with Crippen molar-refractivity contribution in [1.29, 1.82) is 0 Å². The standard InChI is InChI=1S/C19H26N2O2/c1-5-13(4)20-18(22)9-7-15-11-16-10-14(12(2)3)6-8-17(16)21-19(15)23/h6,8,10-13H,5,7,9H2,1-4H3,(H,20,22)(H,21,23). The molecule has 4 nitrogen and oxygen atoms in total. The van der Waals surface area contributed by atoms with Gasteiger partial charge in [0.1, 0.15) is 0 Å². The number of fused-ring (bicyclic) bond motifs is 1. The topological polar surface area (TPSA) is 62.0 Å². The largest absolute Gasteiger partial charge is 0.354 e. The number of carbonyl (C=O) groups excluding carboxylic acids is 1. The summed E-state index contributed by atoms with van der Waals surface area (Å²) in [7, 11) is 0. The van der Waals surface area contributed by atoms with Crippen LogP contribution in [-0.4, -0.2) is 16.9 Å². The Morgan fingerprint density at radius 3 is 2.61 bits per heavy atom. The second-order valence-electron chi connectivity index (χ2n) is 6.50. The molecule has 0 bridgehead atoms. The van der Waals surface area contributed by atoms with Crippen LogP contribution in [0.5, 0.6) is 0 Å². The Morgan fingerprint density at radius 2 is 1.96 bits per heavy atom. The van der Waals surface area contributed by atoms with Gasteiger partial charge in [0.05, 0.1) is 0 Å². The van der Waals surface area contributed by atoms with E-state index in [1.165, 1.54) is 5.56 Å². The minimum atomic E-state index is -0.105. The second-order valence-corrected chi connectivity index (χ2v) is 6.50. The normalized spacial score (nSPS) is 12.6. The molecule has 4 heteroatoms. The third kappa shape index (κ3) is 4.44. The van der Waals surface area contributed by atoms with E-state index in [0.717, 1.165) is 17.3 Å². The maximum atomic E-state index is 12.2. The van der Waals surface area contributed by atoms with Crippen LogP contribution >= 0.6 is 0 Å². The predicted molar refractivity (Wildman–Crippen MR) is 94.9 cm³/mol. The van der Waals surface area contributed by atoms with Crippen LogP contribution in [0.3, 0.4) is 0 Å². The minimum Gasteiger partial charge on any atom is -0.354 e. The molecule has 1 aromatic carbocycles. The first kappa shape index (κ1) is 17.3. The van der Waals surface area contributed by atoms with Gasteiger partial charge in [-0.3, -0.25) is 9.59 Å². The van der Waals surface area contributed by atoms with Crippen molar-refractivity contribution in [2.75, 3.05) is 0 Å². The number of aromatic nitrogens is 1. The van der Waals surface area contributed by atoms with Crippen molar-refractivity contribution in [3.05, 3.63) is 45.7 Å². The van der Waals surface area contributed by atoms with Crippen LogP contribution in [0.4, 0.5) is 0 Å². The number of pyridine rings is 1. The molecule has 0 fully saturated rings. The lowest BCUT2D eigenvalue weighted by Gasteiger charge is -2.11. The van der Waals surface area contributed by atoms with Crippen LogP contribution in [0.15, 0.2) is 29.1 Å². The maximum absolute atomic E-state index is 12.2. The van der Waals surface area contributed by atoms with E-state index in [4.69, 9.17) is 0 Å². The summed E-state index contributed by atoms with van der Waals surface area (Å²) in [5.74, 6) is 0.436. The number of hydrogen-bond donors (Lipinski definition) is 2. The van der Waals surface area contributed by atoms with Gasteiger partial charge in [0, 0.05) is 23.5 Å². The molecule has 0 aliphatic rings. The summed E-state index contributed by atoms with van der Waals surface area (Å²) in [5, 5.41) is 3.95. The number of hydrogen-bond acceptors (Lipinski definition) is 2. The first-order chi connectivity index (χ1) is 10.9. The van der Waals surface area contributed by atoms with Crippen molar-refractivity contribution < 1.29 is 4.79 Å². The van der Waals surface area contributed by atoms with Crippen molar-refractivity contribution in [1.82, 2.24) is 10.3 Å². The molecule has 2 N–H and O–H groups in total. The second kappa shape index (κ2) is 7.44. The summed E-state index contributed by atoms with van der Waals surface area (Å²) in [6, 6.07) is 8.19. The fraction of sp³-hybridized carbons (Fsp3) is 0.474. The molecule has 2 rings (SSSR count). The number of nitrogens with one attached hydrogen (secondary N) is 2. The summed E-state index contributed by atoms with van der Waals surface area (Å²) >= 11 is 0. The number of aromatic amines is 1. The first-order valence-corrected chi connectivity index (χ1v) is 8.36. The van der Waals surface area contributed by atoms with Crippen LogP contribution in [0.2, 0.25) is 0 Å². The third-order valence-corrected chi connectivity index (χ3v) is 4.25. The third-order valence-electron chi connectivity index (χ3n) is 4.25. The van der Waals surface area contributed by atoms with Gasteiger partial charge in [-0.1, -0.05) is 26.8 Å². The molecule has 0 radical (unpaired) electrons. The van der Waals surface area contributed by atoms with Crippen molar-refractivity contribution in [3.63, 3.8) is 0 Å². The van der Waals surface area contributed by atoms with E-state index in [-0.39, 0.29) is 17.5 Å². The molecule has 0 aliphatic heterocycles. The van der Waals surface area contributed by atoms with Crippen LogP contribution in [0.1, 0.15) is 57.6 Å². The Kier molecular flexibility index (Phi) is 5.59.